The molecule has 86 valence electrons. The van der Waals surface area contributed by atoms with Gasteiger partial charge in [-0.3, -0.25) is 9.78 Å². The van der Waals surface area contributed by atoms with Crippen LogP contribution in [-0.2, 0) is 0 Å². The highest BCUT2D eigenvalue weighted by molar-refractivity contribution is 5.91. The summed E-state index contributed by atoms with van der Waals surface area (Å²) in [5, 5.41) is 8.73. The first-order valence-corrected chi connectivity index (χ1v) is 4.61. The van der Waals surface area contributed by atoms with Crippen molar-refractivity contribution in [3.8, 4) is 5.69 Å². The van der Waals surface area contributed by atoms with E-state index in [2.05, 4.69) is 9.97 Å². The zero-order valence-electron chi connectivity index (χ0n) is 8.57. The predicted molar refractivity (Wildman–Crippen MR) is 56.8 cm³/mol. The van der Waals surface area contributed by atoms with E-state index in [0.29, 0.717) is 5.69 Å². The van der Waals surface area contributed by atoms with Crippen molar-refractivity contribution < 1.29 is 14.7 Å². The third-order valence-electron chi connectivity index (χ3n) is 2.10. The van der Waals surface area contributed by atoms with Gasteiger partial charge in [0, 0.05) is 12.4 Å². The van der Waals surface area contributed by atoms with Crippen molar-refractivity contribution in [2.75, 3.05) is 0 Å². The number of carboxylic acid groups (broad SMARTS) is 1. The summed E-state index contributed by atoms with van der Waals surface area (Å²) < 4.78 is 1.47. The smallest absolute Gasteiger partial charge is 0.356 e. The third kappa shape index (κ3) is 2.12. The zero-order chi connectivity index (χ0) is 12.4. The third-order valence-corrected chi connectivity index (χ3v) is 2.10. The molecule has 0 aliphatic carbocycles. The van der Waals surface area contributed by atoms with Crippen molar-refractivity contribution in [3.05, 3.63) is 42.2 Å². The number of hydrogen-bond donors (Lipinski definition) is 2. The number of nitrogens with two attached hydrogens (primary N) is 1. The van der Waals surface area contributed by atoms with Crippen molar-refractivity contribution in [1.82, 2.24) is 14.5 Å². The number of amides is 1. The molecule has 0 saturated heterocycles. The fourth-order valence-electron chi connectivity index (χ4n) is 1.29. The SMILES string of the molecule is NC(=O)c1cc(-n2cnc(C(=O)O)c2)ccn1. The molecule has 0 bridgehead atoms. The summed E-state index contributed by atoms with van der Waals surface area (Å²) in [4.78, 5) is 29.1. The molecule has 0 radical (unpaired) electrons. The van der Waals surface area contributed by atoms with E-state index in [0.717, 1.165) is 0 Å². The van der Waals surface area contributed by atoms with Crippen molar-refractivity contribution in [1.29, 1.82) is 0 Å². The first-order valence-electron chi connectivity index (χ1n) is 4.61. The molecule has 2 rings (SSSR count). The van der Waals surface area contributed by atoms with Crippen LogP contribution in [0.4, 0.5) is 0 Å². The Kier molecular flexibility index (Phi) is 2.57. The Morgan fingerprint density at radius 2 is 2.06 bits per heavy atom. The van der Waals surface area contributed by atoms with E-state index < -0.39 is 11.9 Å². The van der Waals surface area contributed by atoms with Gasteiger partial charge < -0.3 is 15.4 Å². The van der Waals surface area contributed by atoms with Crippen LogP contribution in [-0.4, -0.2) is 31.5 Å². The Labute approximate surface area is 95.5 Å². The molecule has 0 aliphatic rings. The first kappa shape index (κ1) is 10.8. The predicted octanol–water partition coefficient (Wildman–Crippen LogP) is 0.0644. The van der Waals surface area contributed by atoms with Gasteiger partial charge in [0.05, 0.1) is 5.69 Å². The summed E-state index contributed by atoms with van der Waals surface area (Å²) in [7, 11) is 0. The van der Waals surface area contributed by atoms with Crippen LogP contribution in [0, 0.1) is 0 Å². The molecule has 0 aliphatic heterocycles. The average Bonchev–Trinajstić information content (AvgIpc) is 2.78. The van der Waals surface area contributed by atoms with Crippen molar-refractivity contribution in [2.45, 2.75) is 0 Å². The number of hydrogen-bond acceptors (Lipinski definition) is 4. The number of aromatic carboxylic acids is 1. The van der Waals surface area contributed by atoms with Crippen LogP contribution < -0.4 is 5.73 Å². The fourth-order valence-corrected chi connectivity index (χ4v) is 1.29. The Morgan fingerprint density at radius 1 is 1.29 bits per heavy atom. The molecule has 0 fully saturated rings. The van der Waals surface area contributed by atoms with Gasteiger partial charge in [0.1, 0.15) is 12.0 Å². The number of primary amides is 1. The van der Waals surface area contributed by atoms with Crippen LogP contribution in [0.1, 0.15) is 21.0 Å². The standard InChI is InChI=1S/C10H8N4O3/c11-9(15)7-3-6(1-2-12-7)14-4-8(10(16)17)13-5-14/h1-5H,(H2,11,15)(H,16,17). The highest BCUT2D eigenvalue weighted by atomic mass is 16.4. The van der Waals surface area contributed by atoms with Crippen LogP contribution >= 0.6 is 0 Å². The molecule has 17 heavy (non-hydrogen) atoms. The molecule has 2 aromatic heterocycles. The van der Waals surface area contributed by atoms with Gasteiger partial charge in [-0.05, 0) is 12.1 Å². The molecular formula is C10H8N4O3. The maximum Gasteiger partial charge on any atom is 0.356 e. The summed E-state index contributed by atoms with van der Waals surface area (Å²) in [6.07, 6.45) is 4.09. The lowest BCUT2D eigenvalue weighted by Gasteiger charge is -2.02. The lowest BCUT2D eigenvalue weighted by Crippen LogP contribution is -2.13. The number of nitrogens with zero attached hydrogens (tertiary/aromatic N) is 3. The van der Waals surface area contributed by atoms with E-state index in [-0.39, 0.29) is 11.4 Å². The van der Waals surface area contributed by atoms with Gasteiger partial charge in [-0.25, -0.2) is 9.78 Å². The van der Waals surface area contributed by atoms with Crippen LogP contribution in [0.15, 0.2) is 30.9 Å². The second-order valence-corrected chi connectivity index (χ2v) is 3.23. The molecule has 0 unspecified atom stereocenters. The van der Waals surface area contributed by atoms with Crippen molar-refractivity contribution >= 4 is 11.9 Å². The minimum Gasteiger partial charge on any atom is -0.476 e. The molecule has 0 aromatic carbocycles. The van der Waals surface area contributed by atoms with Crippen LogP contribution in [0.2, 0.25) is 0 Å². The van der Waals surface area contributed by atoms with Gasteiger partial charge in [0.25, 0.3) is 5.91 Å². The van der Waals surface area contributed by atoms with E-state index in [1.807, 2.05) is 0 Å². The molecule has 0 saturated carbocycles. The van der Waals surface area contributed by atoms with Gasteiger partial charge in [-0.15, -0.1) is 0 Å². The summed E-state index contributed by atoms with van der Waals surface area (Å²) in [6.45, 7) is 0. The molecule has 2 heterocycles. The number of rotatable bonds is 3. The van der Waals surface area contributed by atoms with Gasteiger partial charge >= 0.3 is 5.97 Å². The minimum absolute atomic E-state index is 0.0811. The Bertz CT molecular complexity index is 591. The van der Waals surface area contributed by atoms with E-state index in [4.69, 9.17) is 10.8 Å². The monoisotopic (exact) mass is 232 g/mol. The maximum absolute atomic E-state index is 10.9. The summed E-state index contributed by atoms with van der Waals surface area (Å²) >= 11 is 0. The molecule has 0 atom stereocenters. The molecule has 2 aromatic rings. The maximum atomic E-state index is 10.9. The van der Waals surface area contributed by atoms with Gasteiger partial charge in [0.15, 0.2) is 5.69 Å². The topological polar surface area (TPSA) is 111 Å². The number of aromatic nitrogens is 3. The van der Waals surface area contributed by atoms with Crippen molar-refractivity contribution in [3.63, 3.8) is 0 Å². The van der Waals surface area contributed by atoms with Gasteiger partial charge in [-0.1, -0.05) is 0 Å². The zero-order valence-corrected chi connectivity index (χ0v) is 8.57. The van der Waals surface area contributed by atoms with E-state index in [1.54, 1.807) is 6.07 Å². The van der Waals surface area contributed by atoms with E-state index in [9.17, 15) is 9.59 Å². The largest absolute Gasteiger partial charge is 0.476 e. The number of carbonyl (C=O) groups is 2. The van der Waals surface area contributed by atoms with Gasteiger partial charge in [-0.2, -0.15) is 0 Å². The van der Waals surface area contributed by atoms with Crippen molar-refractivity contribution in [2.24, 2.45) is 5.73 Å². The first-order chi connectivity index (χ1) is 8.08. The fraction of sp³-hybridized carbons (Fsp3) is 0. The summed E-state index contributed by atoms with van der Waals surface area (Å²) in [5.74, 6) is -1.77. The second kappa shape index (κ2) is 4.05. The highest BCUT2D eigenvalue weighted by Gasteiger charge is 2.09. The molecule has 0 spiro atoms. The lowest BCUT2D eigenvalue weighted by atomic mass is 10.3. The Hall–Kier alpha value is -2.70. The number of carboxylic acids is 1. The normalized spacial score (nSPS) is 10.1. The molecule has 1 amide bonds. The highest BCUT2D eigenvalue weighted by Crippen LogP contribution is 2.09. The van der Waals surface area contributed by atoms with Crippen LogP contribution in [0.5, 0.6) is 0 Å². The minimum atomic E-state index is -1.12. The molecule has 7 nitrogen and oxygen atoms in total. The van der Waals surface area contributed by atoms with Crippen LogP contribution in [0.25, 0.3) is 5.69 Å². The number of carbonyl (C=O) groups excluding carboxylic acids is 1. The molecule has 7 heteroatoms. The Morgan fingerprint density at radius 3 is 2.65 bits per heavy atom. The van der Waals surface area contributed by atoms with E-state index in [1.165, 1.54) is 29.4 Å². The second-order valence-electron chi connectivity index (χ2n) is 3.23. The number of imidazole rings is 1. The molecule has 3 N–H and O–H groups in total. The van der Waals surface area contributed by atoms with Crippen LogP contribution in [0.3, 0.4) is 0 Å². The lowest BCUT2D eigenvalue weighted by molar-refractivity contribution is 0.0690. The average molecular weight is 232 g/mol. The number of pyridine rings is 1. The quantitative estimate of drug-likeness (QED) is 0.777. The van der Waals surface area contributed by atoms with Gasteiger partial charge in [0.2, 0.25) is 0 Å². The summed E-state index contributed by atoms with van der Waals surface area (Å²) in [6, 6.07) is 3.06. The summed E-state index contributed by atoms with van der Waals surface area (Å²) in [5.41, 5.74) is 5.68. The molecular weight excluding hydrogens is 224 g/mol. The Balaban J connectivity index is 2.42. The van der Waals surface area contributed by atoms with E-state index >= 15 is 0 Å².